The first-order chi connectivity index (χ1) is 9.12. The second-order valence-corrected chi connectivity index (χ2v) is 8.96. The van der Waals surface area contributed by atoms with Gasteiger partial charge in [0.2, 0.25) is 10.0 Å². The van der Waals surface area contributed by atoms with Crippen molar-refractivity contribution in [3.05, 3.63) is 17.0 Å². The molecule has 19 heavy (non-hydrogen) atoms. The van der Waals surface area contributed by atoms with Gasteiger partial charge < -0.3 is 5.32 Å². The molecule has 2 heterocycles. The van der Waals surface area contributed by atoms with Gasteiger partial charge in [-0.2, -0.15) is 11.8 Å². The SMILES string of the molecule is CNCc1csc(S(=O)(=O)NCC2CCCCS2)c1. The van der Waals surface area contributed by atoms with Crippen molar-refractivity contribution in [3.63, 3.8) is 0 Å². The lowest BCUT2D eigenvalue weighted by atomic mass is 10.2. The van der Waals surface area contributed by atoms with Gasteiger partial charge >= 0.3 is 0 Å². The van der Waals surface area contributed by atoms with Crippen molar-refractivity contribution < 1.29 is 8.42 Å². The van der Waals surface area contributed by atoms with E-state index >= 15 is 0 Å². The fourth-order valence-corrected chi connectivity index (χ4v) is 5.71. The number of thioether (sulfide) groups is 1. The summed E-state index contributed by atoms with van der Waals surface area (Å²) < 4.78 is 27.5. The number of sulfonamides is 1. The van der Waals surface area contributed by atoms with Crippen LogP contribution in [0.5, 0.6) is 0 Å². The molecule has 108 valence electrons. The van der Waals surface area contributed by atoms with Gasteiger partial charge in [-0.15, -0.1) is 11.3 Å². The summed E-state index contributed by atoms with van der Waals surface area (Å²) in [7, 11) is -1.48. The summed E-state index contributed by atoms with van der Waals surface area (Å²) in [5.41, 5.74) is 1.01. The van der Waals surface area contributed by atoms with E-state index in [0.29, 0.717) is 22.5 Å². The summed E-state index contributed by atoms with van der Waals surface area (Å²) in [5.74, 6) is 1.15. The highest BCUT2D eigenvalue weighted by atomic mass is 32.2. The van der Waals surface area contributed by atoms with Crippen molar-refractivity contribution in [2.24, 2.45) is 0 Å². The molecule has 1 unspecified atom stereocenters. The van der Waals surface area contributed by atoms with Gasteiger partial charge in [-0.25, -0.2) is 13.1 Å². The van der Waals surface area contributed by atoms with Gasteiger partial charge in [0.15, 0.2) is 0 Å². The number of hydrogen-bond acceptors (Lipinski definition) is 5. The highest BCUT2D eigenvalue weighted by molar-refractivity contribution is 8.00. The van der Waals surface area contributed by atoms with Crippen LogP contribution in [0.15, 0.2) is 15.7 Å². The predicted molar refractivity (Wildman–Crippen MR) is 82.4 cm³/mol. The molecule has 0 saturated carbocycles. The number of rotatable bonds is 6. The molecule has 1 aliphatic heterocycles. The molecule has 0 bridgehead atoms. The van der Waals surface area contributed by atoms with E-state index in [1.165, 1.54) is 24.2 Å². The molecule has 7 heteroatoms. The maximum atomic E-state index is 12.2. The molecule has 0 radical (unpaired) electrons. The molecule has 0 aromatic carbocycles. The van der Waals surface area contributed by atoms with Crippen LogP contribution < -0.4 is 10.0 Å². The van der Waals surface area contributed by atoms with Gasteiger partial charge in [0, 0.05) is 18.3 Å². The maximum absolute atomic E-state index is 12.2. The van der Waals surface area contributed by atoms with Crippen LogP contribution in [-0.4, -0.2) is 33.0 Å². The molecule has 2 N–H and O–H groups in total. The molecule has 0 spiro atoms. The zero-order valence-corrected chi connectivity index (χ0v) is 13.5. The lowest BCUT2D eigenvalue weighted by Gasteiger charge is -2.21. The smallest absolute Gasteiger partial charge is 0.250 e. The van der Waals surface area contributed by atoms with E-state index in [-0.39, 0.29) is 0 Å². The van der Waals surface area contributed by atoms with Gasteiger partial charge in [-0.1, -0.05) is 6.42 Å². The molecule has 0 amide bonds. The van der Waals surface area contributed by atoms with E-state index in [1.807, 2.05) is 24.2 Å². The Labute approximate surface area is 123 Å². The molecular weight excluding hydrogens is 300 g/mol. The van der Waals surface area contributed by atoms with Gasteiger partial charge in [-0.3, -0.25) is 0 Å². The summed E-state index contributed by atoms with van der Waals surface area (Å²) in [6.07, 6.45) is 3.58. The van der Waals surface area contributed by atoms with Crippen molar-refractivity contribution in [2.75, 3.05) is 19.3 Å². The molecular formula is C12H20N2O2S3. The molecule has 1 aliphatic rings. The highest BCUT2D eigenvalue weighted by Crippen LogP contribution is 2.25. The molecule has 4 nitrogen and oxygen atoms in total. The Morgan fingerprint density at radius 3 is 2.95 bits per heavy atom. The molecule has 1 atom stereocenters. The van der Waals surface area contributed by atoms with Gasteiger partial charge in [0.05, 0.1) is 0 Å². The van der Waals surface area contributed by atoms with E-state index in [4.69, 9.17) is 0 Å². The third-order valence-electron chi connectivity index (χ3n) is 3.05. The van der Waals surface area contributed by atoms with E-state index in [2.05, 4.69) is 10.0 Å². The number of nitrogens with one attached hydrogen (secondary N) is 2. The average molecular weight is 321 g/mol. The largest absolute Gasteiger partial charge is 0.316 e. The Kier molecular flexibility index (Phi) is 5.70. The minimum Gasteiger partial charge on any atom is -0.316 e. The van der Waals surface area contributed by atoms with Crippen LogP contribution in [0.2, 0.25) is 0 Å². The fourth-order valence-electron chi connectivity index (χ4n) is 2.03. The summed E-state index contributed by atoms with van der Waals surface area (Å²) in [6, 6.07) is 1.75. The lowest BCUT2D eigenvalue weighted by molar-refractivity contribution is 0.575. The fraction of sp³-hybridized carbons (Fsp3) is 0.667. The van der Waals surface area contributed by atoms with Crippen molar-refractivity contribution in [3.8, 4) is 0 Å². The Bertz CT molecular complexity index is 493. The van der Waals surface area contributed by atoms with Crippen LogP contribution in [0.1, 0.15) is 24.8 Å². The zero-order chi connectivity index (χ0) is 13.7. The second kappa shape index (κ2) is 7.08. The number of hydrogen-bond donors (Lipinski definition) is 2. The molecule has 1 saturated heterocycles. The van der Waals surface area contributed by atoms with Crippen LogP contribution in [0.25, 0.3) is 0 Å². The van der Waals surface area contributed by atoms with Crippen molar-refractivity contribution in [1.82, 2.24) is 10.0 Å². The van der Waals surface area contributed by atoms with Crippen LogP contribution in [0.4, 0.5) is 0 Å². The van der Waals surface area contributed by atoms with Gasteiger partial charge in [0.1, 0.15) is 4.21 Å². The minimum atomic E-state index is -3.33. The Morgan fingerprint density at radius 2 is 2.26 bits per heavy atom. The summed E-state index contributed by atoms with van der Waals surface area (Å²) >= 11 is 3.16. The highest BCUT2D eigenvalue weighted by Gasteiger charge is 2.20. The van der Waals surface area contributed by atoms with Crippen molar-refractivity contribution in [1.29, 1.82) is 0 Å². The van der Waals surface area contributed by atoms with E-state index in [1.54, 1.807) is 6.07 Å². The quantitative estimate of drug-likeness (QED) is 0.842. The molecule has 1 aromatic rings. The van der Waals surface area contributed by atoms with Crippen LogP contribution in [-0.2, 0) is 16.6 Å². The predicted octanol–water partition coefficient (Wildman–Crippen LogP) is 2.03. The summed E-state index contributed by atoms with van der Waals surface area (Å²) in [6.45, 7) is 1.25. The van der Waals surface area contributed by atoms with Gasteiger partial charge in [-0.05, 0) is 42.7 Å². The lowest BCUT2D eigenvalue weighted by Crippen LogP contribution is -2.31. The standard InChI is InChI=1S/C12H20N2O2S3/c1-13-7-10-6-12(18-9-10)19(15,16)14-8-11-4-2-3-5-17-11/h6,9,11,13-14H,2-5,7-8H2,1H3. The third-order valence-corrected chi connectivity index (χ3v) is 7.36. The molecule has 0 aliphatic carbocycles. The van der Waals surface area contributed by atoms with Crippen LogP contribution in [0, 0.1) is 0 Å². The van der Waals surface area contributed by atoms with Gasteiger partial charge in [0.25, 0.3) is 0 Å². The number of thiophene rings is 1. The van der Waals surface area contributed by atoms with Crippen LogP contribution >= 0.6 is 23.1 Å². The van der Waals surface area contributed by atoms with Crippen molar-refractivity contribution in [2.45, 2.75) is 35.3 Å². The molecule has 1 aromatic heterocycles. The summed E-state index contributed by atoms with van der Waals surface area (Å²) in [4.78, 5) is 0. The Balaban J connectivity index is 1.92. The molecule has 1 fully saturated rings. The second-order valence-electron chi connectivity index (χ2n) is 4.64. The zero-order valence-electron chi connectivity index (χ0n) is 11.0. The van der Waals surface area contributed by atoms with E-state index in [0.717, 1.165) is 17.7 Å². The van der Waals surface area contributed by atoms with E-state index < -0.39 is 10.0 Å². The topological polar surface area (TPSA) is 58.2 Å². The first kappa shape index (κ1) is 15.3. The van der Waals surface area contributed by atoms with Crippen LogP contribution in [0.3, 0.4) is 0 Å². The summed E-state index contributed by atoms with van der Waals surface area (Å²) in [5, 5.41) is 5.34. The minimum absolute atomic E-state index is 0.415. The Hall–Kier alpha value is -0.0800. The monoisotopic (exact) mass is 320 g/mol. The third kappa shape index (κ3) is 4.46. The Morgan fingerprint density at radius 1 is 1.42 bits per heavy atom. The first-order valence-electron chi connectivity index (χ1n) is 6.45. The van der Waals surface area contributed by atoms with Crippen molar-refractivity contribution >= 4 is 33.1 Å². The first-order valence-corrected chi connectivity index (χ1v) is 9.86. The average Bonchev–Trinajstić information content (AvgIpc) is 2.88. The molecule has 2 rings (SSSR count). The normalized spacial score (nSPS) is 20.6. The van der Waals surface area contributed by atoms with E-state index in [9.17, 15) is 8.42 Å². The maximum Gasteiger partial charge on any atom is 0.250 e.